The van der Waals surface area contributed by atoms with Crippen LogP contribution in [0.25, 0.3) is 0 Å². The van der Waals surface area contributed by atoms with E-state index in [9.17, 15) is 0 Å². The zero-order chi connectivity index (χ0) is 9.14. The molecule has 0 spiro atoms. The second-order valence-corrected chi connectivity index (χ2v) is 3.17. The highest BCUT2D eigenvalue weighted by atomic mass is 15.3. The van der Waals surface area contributed by atoms with E-state index in [0.717, 1.165) is 11.3 Å². The molecule has 0 aliphatic heterocycles. The minimum atomic E-state index is 0.371. The van der Waals surface area contributed by atoms with Crippen molar-refractivity contribution in [2.75, 3.05) is 0 Å². The Hall–Kier alpha value is -1.30. The Morgan fingerprint density at radius 2 is 2.33 bits per heavy atom. The Balaban J connectivity index is 2.94. The summed E-state index contributed by atoms with van der Waals surface area (Å²) >= 11 is 0. The SMILES string of the molecule is Cc1cn(C(C)C)nc1CC#N. The maximum atomic E-state index is 8.49. The minimum absolute atomic E-state index is 0.371. The fraction of sp³-hybridized carbons (Fsp3) is 0.556. The molecule has 0 N–H and O–H groups in total. The standard InChI is InChI=1S/C9H13N3/c1-7(2)12-6-8(3)9(11-12)4-5-10/h6-7H,4H2,1-3H3. The maximum absolute atomic E-state index is 8.49. The highest BCUT2D eigenvalue weighted by Crippen LogP contribution is 2.09. The Morgan fingerprint density at radius 1 is 1.67 bits per heavy atom. The van der Waals surface area contributed by atoms with Crippen LogP contribution in [0.2, 0.25) is 0 Å². The van der Waals surface area contributed by atoms with Crippen molar-refractivity contribution in [3.8, 4) is 6.07 Å². The zero-order valence-corrected chi connectivity index (χ0v) is 7.70. The van der Waals surface area contributed by atoms with E-state index in [4.69, 9.17) is 5.26 Å². The molecule has 1 rings (SSSR count). The molecular formula is C9H13N3. The number of hydrogen-bond donors (Lipinski definition) is 0. The lowest BCUT2D eigenvalue weighted by atomic mass is 10.2. The summed E-state index contributed by atoms with van der Waals surface area (Å²) in [6.45, 7) is 6.13. The summed E-state index contributed by atoms with van der Waals surface area (Å²) in [6.07, 6.45) is 2.39. The van der Waals surface area contributed by atoms with Crippen molar-refractivity contribution in [1.82, 2.24) is 9.78 Å². The molecule has 3 nitrogen and oxygen atoms in total. The van der Waals surface area contributed by atoms with Gasteiger partial charge in [-0.1, -0.05) is 0 Å². The van der Waals surface area contributed by atoms with E-state index in [2.05, 4.69) is 25.0 Å². The Bertz CT molecular complexity index is 304. The average molecular weight is 163 g/mol. The zero-order valence-electron chi connectivity index (χ0n) is 7.70. The lowest BCUT2D eigenvalue weighted by Crippen LogP contribution is -2.01. The smallest absolute Gasteiger partial charge is 0.0795 e. The average Bonchev–Trinajstić information content (AvgIpc) is 2.34. The van der Waals surface area contributed by atoms with Gasteiger partial charge < -0.3 is 0 Å². The molecule has 0 atom stereocenters. The first-order chi connectivity index (χ1) is 5.65. The van der Waals surface area contributed by atoms with Crippen LogP contribution < -0.4 is 0 Å². The topological polar surface area (TPSA) is 41.6 Å². The number of aromatic nitrogens is 2. The van der Waals surface area contributed by atoms with Gasteiger partial charge in [-0.3, -0.25) is 4.68 Å². The van der Waals surface area contributed by atoms with Gasteiger partial charge >= 0.3 is 0 Å². The van der Waals surface area contributed by atoms with E-state index in [1.807, 2.05) is 17.8 Å². The van der Waals surface area contributed by atoms with Crippen LogP contribution in [0.1, 0.15) is 31.1 Å². The molecule has 0 amide bonds. The summed E-state index contributed by atoms with van der Waals surface area (Å²) in [4.78, 5) is 0. The molecule has 0 aliphatic rings. The van der Waals surface area contributed by atoms with Gasteiger partial charge in [-0.25, -0.2) is 0 Å². The first-order valence-electron chi connectivity index (χ1n) is 4.06. The number of hydrogen-bond acceptors (Lipinski definition) is 2. The fourth-order valence-electron chi connectivity index (χ4n) is 1.03. The molecular weight excluding hydrogens is 150 g/mol. The molecule has 64 valence electrons. The summed E-state index contributed by atoms with van der Waals surface area (Å²) in [5, 5.41) is 12.8. The Labute approximate surface area is 72.6 Å². The normalized spacial score (nSPS) is 10.2. The molecule has 0 saturated carbocycles. The molecule has 0 aromatic carbocycles. The van der Waals surface area contributed by atoms with E-state index in [-0.39, 0.29) is 0 Å². The van der Waals surface area contributed by atoms with E-state index in [0.29, 0.717) is 12.5 Å². The van der Waals surface area contributed by atoms with Crippen molar-refractivity contribution in [1.29, 1.82) is 5.26 Å². The first kappa shape index (κ1) is 8.79. The molecule has 0 fully saturated rings. The monoisotopic (exact) mass is 163 g/mol. The van der Waals surface area contributed by atoms with Gasteiger partial charge in [0.15, 0.2) is 0 Å². The van der Waals surface area contributed by atoms with Crippen molar-refractivity contribution in [3.63, 3.8) is 0 Å². The van der Waals surface area contributed by atoms with Crippen LogP contribution in [0.3, 0.4) is 0 Å². The third-order valence-electron chi connectivity index (χ3n) is 1.79. The van der Waals surface area contributed by atoms with Crippen LogP contribution in [-0.4, -0.2) is 9.78 Å². The van der Waals surface area contributed by atoms with Gasteiger partial charge in [-0.15, -0.1) is 0 Å². The van der Waals surface area contributed by atoms with Crippen molar-refractivity contribution in [2.24, 2.45) is 0 Å². The van der Waals surface area contributed by atoms with E-state index in [1.165, 1.54) is 0 Å². The number of nitrogens with zero attached hydrogens (tertiary/aromatic N) is 3. The molecule has 0 radical (unpaired) electrons. The number of nitriles is 1. The van der Waals surface area contributed by atoms with Crippen LogP contribution in [0, 0.1) is 18.3 Å². The van der Waals surface area contributed by atoms with Gasteiger partial charge in [0.05, 0.1) is 18.2 Å². The Morgan fingerprint density at radius 3 is 2.75 bits per heavy atom. The van der Waals surface area contributed by atoms with Crippen LogP contribution in [0.5, 0.6) is 0 Å². The van der Waals surface area contributed by atoms with Crippen LogP contribution in [-0.2, 0) is 6.42 Å². The third kappa shape index (κ3) is 1.65. The van der Waals surface area contributed by atoms with Gasteiger partial charge in [-0.2, -0.15) is 10.4 Å². The van der Waals surface area contributed by atoms with Crippen LogP contribution >= 0.6 is 0 Å². The minimum Gasteiger partial charge on any atom is -0.270 e. The highest BCUT2D eigenvalue weighted by Gasteiger charge is 2.05. The number of aryl methyl sites for hydroxylation is 1. The summed E-state index contributed by atoms with van der Waals surface area (Å²) in [6, 6.07) is 2.47. The molecule has 1 aromatic rings. The van der Waals surface area contributed by atoms with Crippen molar-refractivity contribution >= 4 is 0 Å². The predicted molar refractivity (Wildman–Crippen MR) is 46.7 cm³/mol. The molecule has 12 heavy (non-hydrogen) atoms. The summed E-state index contributed by atoms with van der Waals surface area (Å²) < 4.78 is 1.89. The van der Waals surface area contributed by atoms with E-state index < -0.39 is 0 Å². The largest absolute Gasteiger partial charge is 0.270 e. The first-order valence-corrected chi connectivity index (χ1v) is 4.06. The van der Waals surface area contributed by atoms with Gasteiger partial charge in [0, 0.05) is 12.2 Å². The summed E-state index contributed by atoms with van der Waals surface area (Å²) in [5.74, 6) is 0. The quantitative estimate of drug-likeness (QED) is 0.667. The number of rotatable bonds is 2. The van der Waals surface area contributed by atoms with Gasteiger partial charge in [0.1, 0.15) is 0 Å². The fourth-order valence-corrected chi connectivity index (χ4v) is 1.03. The molecule has 0 saturated heterocycles. The van der Waals surface area contributed by atoms with Crippen molar-refractivity contribution < 1.29 is 0 Å². The van der Waals surface area contributed by atoms with Gasteiger partial charge in [0.2, 0.25) is 0 Å². The molecule has 0 bridgehead atoms. The summed E-state index contributed by atoms with van der Waals surface area (Å²) in [5.41, 5.74) is 2.00. The lowest BCUT2D eigenvalue weighted by molar-refractivity contribution is 0.528. The van der Waals surface area contributed by atoms with Crippen molar-refractivity contribution in [3.05, 3.63) is 17.5 Å². The molecule has 0 aliphatic carbocycles. The van der Waals surface area contributed by atoms with Crippen molar-refractivity contribution in [2.45, 2.75) is 33.2 Å². The second-order valence-electron chi connectivity index (χ2n) is 3.17. The van der Waals surface area contributed by atoms with E-state index in [1.54, 1.807) is 0 Å². The van der Waals surface area contributed by atoms with Gasteiger partial charge in [-0.05, 0) is 26.3 Å². The molecule has 3 heteroatoms. The van der Waals surface area contributed by atoms with E-state index >= 15 is 0 Å². The maximum Gasteiger partial charge on any atom is 0.0795 e. The lowest BCUT2D eigenvalue weighted by Gasteiger charge is -2.02. The van der Waals surface area contributed by atoms with Gasteiger partial charge in [0.25, 0.3) is 0 Å². The van der Waals surface area contributed by atoms with Crippen LogP contribution in [0.15, 0.2) is 6.20 Å². The predicted octanol–water partition coefficient (Wildman–Crippen LogP) is 1.84. The summed E-state index contributed by atoms with van der Waals surface area (Å²) in [7, 11) is 0. The molecule has 0 unspecified atom stereocenters. The molecule has 1 aromatic heterocycles. The second kappa shape index (κ2) is 3.40. The third-order valence-corrected chi connectivity index (χ3v) is 1.79. The molecule has 1 heterocycles. The Kier molecular flexibility index (Phi) is 2.49. The van der Waals surface area contributed by atoms with Crippen LogP contribution in [0.4, 0.5) is 0 Å². The highest BCUT2D eigenvalue weighted by molar-refractivity contribution is 5.18.